The molecule has 0 unspecified atom stereocenters. The molecule has 0 saturated heterocycles. The molecule has 6 heteroatoms. The zero-order valence-electron chi connectivity index (χ0n) is 12.8. The van der Waals surface area contributed by atoms with Gasteiger partial charge in [0.05, 0.1) is 12.2 Å². The summed E-state index contributed by atoms with van der Waals surface area (Å²) in [5, 5.41) is 12.4. The summed E-state index contributed by atoms with van der Waals surface area (Å²) in [5.41, 5.74) is 0.892. The summed E-state index contributed by atoms with van der Waals surface area (Å²) in [6.45, 7) is 7.58. The van der Waals surface area contributed by atoms with E-state index in [1.807, 2.05) is 19.9 Å². The summed E-state index contributed by atoms with van der Waals surface area (Å²) in [4.78, 5) is 24.3. The van der Waals surface area contributed by atoms with Crippen LogP contribution in [0.1, 0.15) is 54.4 Å². The van der Waals surface area contributed by atoms with Crippen molar-refractivity contribution in [3.63, 3.8) is 0 Å². The summed E-state index contributed by atoms with van der Waals surface area (Å²) < 4.78 is 4.97. The van der Waals surface area contributed by atoms with E-state index in [-0.39, 0.29) is 18.4 Å². The van der Waals surface area contributed by atoms with Gasteiger partial charge in [0.25, 0.3) is 0 Å². The minimum atomic E-state index is -0.459. The molecular formula is C15H20N2O3S. The maximum atomic E-state index is 12.1. The normalized spacial score (nSPS) is 10.3. The number of hydrogen-bond donors (Lipinski definition) is 1. The topological polar surface area (TPSA) is 79.2 Å². The van der Waals surface area contributed by atoms with Crippen molar-refractivity contribution in [2.45, 2.75) is 40.5 Å². The largest absolute Gasteiger partial charge is 0.462 e. The van der Waals surface area contributed by atoms with Gasteiger partial charge in [0, 0.05) is 5.92 Å². The van der Waals surface area contributed by atoms with Gasteiger partial charge in [-0.05, 0) is 32.3 Å². The van der Waals surface area contributed by atoms with Gasteiger partial charge in [-0.2, -0.15) is 5.26 Å². The fourth-order valence-electron chi connectivity index (χ4n) is 2.00. The van der Waals surface area contributed by atoms with Crippen LogP contribution in [0, 0.1) is 24.2 Å². The number of amides is 1. The van der Waals surface area contributed by atoms with Crippen molar-refractivity contribution < 1.29 is 14.3 Å². The molecule has 1 aromatic rings. The van der Waals surface area contributed by atoms with E-state index in [0.717, 1.165) is 24.2 Å². The number of carbonyl (C=O) groups is 2. The summed E-state index contributed by atoms with van der Waals surface area (Å²) in [6, 6.07) is 2.05. The van der Waals surface area contributed by atoms with Crippen molar-refractivity contribution in [3.05, 3.63) is 16.0 Å². The number of thiophene rings is 1. The van der Waals surface area contributed by atoms with E-state index in [1.165, 1.54) is 0 Å². The van der Waals surface area contributed by atoms with Crippen molar-refractivity contribution >= 4 is 28.2 Å². The molecule has 5 nitrogen and oxygen atoms in total. The van der Waals surface area contributed by atoms with E-state index in [9.17, 15) is 14.9 Å². The molecule has 0 radical (unpaired) electrons. The molecule has 0 aliphatic rings. The number of ether oxygens (including phenoxy) is 1. The Morgan fingerprint density at radius 3 is 2.43 bits per heavy atom. The molecule has 0 fully saturated rings. The smallest absolute Gasteiger partial charge is 0.348 e. The van der Waals surface area contributed by atoms with Gasteiger partial charge in [0.1, 0.15) is 15.9 Å². The first kappa shape index (κ1) is 17.2. The van der Waals surface area contributed by atoms with Crippen molar-refractivity contribution in [1.29, 1.82) is 5.26 Å². The molecule has 1 amide bonds. The van der Waals surface area contributed by atoms with E-state index >= 15 is 0 Å². The van der Waals surface area contributed by atoms with Gasteiger partial charge in [-0.15, -0.1) is 11.3 Å². The molecule has 0 aliphatic carbocycles. The minimum absolute atomic E-state index is 0.0926. The standard InChI is InChI=1S/C15H20N2O3S/c1-5-10(6-2)13(18)17-14-11(8-16)9(4)12(21-14)15(19)20-7-3/h10H,5-7H2,1-4H3,(H,17,18). The summed E-state index contributed by atoms with van der Waals surface area (Å²) in [6.07, 6.45) is 1.47. The predicted octanol–water partition coefficient (Wildman–Crippen LogP) is 3.48. The van der Waals surface area contributed by atoms with Crippen molar-refractivity contribution in [1.82, 2.24) is 0 Å². The fourth-order valence-corrected chi connectivity index (χ4v) is 3.05. The van der Waals surface area contributed by atoms with Crippen LogP contribution < -0.4 is 5.32 Å². The molecule has 21 heavy (non-hydrogen) atoms. The van der Waals surface area contributed by atoms with Crippen LogP contribution in [0.2, 0.25) is 0 Å². The van der Waals surface area contributed by atoms with E-state index in [4.69, 9.17) is 4.74 Å². The maximum Gasteiger partial charge on any atom is 0.348 e. The first-order valence-corrected chi connectivity index (χ1v) is 7.83. The van der Waals surface area contributed by atoms with Crippen LogP contribution in [-0.2, 0) is 9.53 Å². The first-order valence-electron chi connectivity index (χ1n) is 7.01. The highest BCUT2D eigenvalue weighted by Gasteiger charge is 2.23. The Hall–Kier alpha value is -1.87. The lowest BCUT2D eigenvalue weighted by molar-refractivity contribution is -0.120. The molecule has 1 rings (SSSR count). The third-order valence-electron chi connectivity index (χ3n) is 3.31. The van der Waals surface area contributed by atoms with Gasteiger partial charge in [0.2, 0.25) is 5.91 Å². The Labute approximate surface area is 128 Å². The lowest BCUT2D eigenvalue weighted by Crippen LogP contribution is -2.21. The Morgan fingerprint density at radius 2 is 1.95 bits per heavy atom. The number of nitrogens with one attached hydrogen (secondary N) is 1. The molecule has 1 N–H and O–H groups in total. The van der Waals surface area contributed by atoms with Gasteiger partial charge in [0.15, 0.2) is 0 Å². The lowest BCUT2D eigenvalue weighted by atomic mass is 10.0. The summed E-state index contributed by atoms with van der Waals surface area (Å²) >= 11 is 1.10. The average Bonchev–Trinajstić information content (AvgIpc) is 2.76. The zero-order chi connectivity index (χ0) is 16.0. The van der Waals surface area contributed by atoms with Gasteiger partial charge < -0.3 is 10.1 Å². The first-order chi connectivity index (χ1) is 9.99. The summed E-state index contributed by atoms with van der Waals surface area (Å²) in [7, 11) is 0. The zero-order valence-corrected chi connectivity index (χ0v) is 13.6. The molecule has 0 bridgehead atoms. The van der Waals surface area contributed by atoms with Gasteiger partial charge in [-0.25, -0.2) is 4.79 Å². The van der Waals surface area contributed by atoms with Crippen molar-refractivity contribution in [2.24, 2.45) is 5.92 Å². The lowest BCUT2D eigenvalue weighted by Gasteiger charge is -2.11. The molecule has 0 aliphatic heterocycles. The molecule has 1 heterocycles. The Morgan fingerprint density at radius 1 is 1.33 bits per heavy atom. The second-order valence-electron chi connectivity index (χ2n) is 4.60. The molecule has 0 spiro atoms. The number of nitriles is 1. The number of carbonyl (C=O) groups excluding carboxylic acids is 2. The highest BCUT2D eigenvalue weighted by Crippen LogP contribution is 2.33. The number of nitrogens with zero attached hydrogens (tertiary/aromatic N) is 1. The van der Waals surface area contributed by atoms with Crippen LogP contribution in [0.25, 0.3) is 0 Å². The van der Waals surface area contributed by atoms with E-state index < -0.39 is 5.97 Å². The molecule has 0 aromatic carbocycles. The van der Waals surface area contributed by atoms with Gasteiger partial charge in [-0.1, -0.05) is 13.8 Å². The van der Waals surface area contributed by atoms with Crippen LogP contribution in [0.4, 0.5) is 5.00 Å². The second kappa shape index (κ2) is 7.79. The second-order valence-corrected chi connectivity index (χ2v) is 5.62. The van der Waals surface area contributed by atoms with E-state index in [2.05, 4.69) is 5.32 Å². The Bertz CT molecular complexity index is 568. The third-order valence-corrected chi connectivity index (χ3v) is 4.50. The van der Waals surface area contributed by atoms with Crippen LogP contribution in [0.5, 0.6) is 0 Å². The molecule has 1 aromatic heterocycles. The monoisotopic (exact) mass is 308 g/mol. The molecule has 114 valence electrons. The van der Waals surface area contributed by atoms with E-state index in [1.54, 1.807) is 13.8 Å². The highest BCUT2D eigenvalue weighted by atomic mass is 32.1. The Balaban J connectivity index is 3.08. The Kier molecular flexibility index (Phi) is 6.38. The van der Waals surface area contributed by atoms with E-state index in [0.29, 0.717) is 21.0 Å². The quantitative estimate of drug-likeness (QED) is 0.816. The SMILES string of the molecule is CCOC(=O)c1sc(NC(=O)C(CC)CC)c(C#N)c1C. The number of anilines is 1. The van der Waals surface area contributed by atoms with Gasteiger partial charge in [-0.3, -0.25) is 4.79 Å². The van der Waals surface area contributed by atoms with Gasteiger partial charge >= 0.3 is 5.97 Å². The van der Waals surface area contributed by atoms with Crippen molar-refractivity contribution in [3.8, 4) is 6.07 Å². The average molecular weight is 308 g/mol. The third kappa shape index (κ3) is 3.82. The van der Waals surface area contributed by atoms with Crippen LogP contribution in [0.15, 0.2) is 0 Å². The van der Waals surface area contributed by atoms with Crippen LogP contribution in [0.3, 0.4) is 0 Å². The fraction of sp³-hybridized carbons (Fsp3) is 0.533. The highest BCUT2D eigenvalue weighted by molar-refractivity contribution is 7.18. The minimum Gasteiger partial charge on any atom is -0.462 e. The number of rotatable bonds is 6. The molecular weight excluding hydrogens is 288 g/mol. The molecule has 0 atom stereocenters. The maximum absolute atomic E-state index is 12.1. The molecule has 0 saturated carbocycles. The van der Waals surface area contributed by atoms with Crippen LogP contribution in [-0.4, -0.2) is 18.5 Å². The number of esters is 1. The van der Waals surface area contributed by atoms with Crippen LogP contribution >= 0.6 is 11.3 Å². The number of hydrogen-bond acceptors (Lipinski definition) is 5. The summed E-state index contributed by atoms with van der Waals surface area (Å²) in [5.74, 6) is -0.669. The van der Waals surface area contributed by atoms with Crippen molar-refractivity contribution in [2.75, 3.05) is 11.9 Å². The predicted molar refractivity (Wildman–Crippen MR) is 82.4 cm³/mol.